The van der Waals surface area contributed by atoms with Gasteiger partial charge < -0.3 is 4.74 Å². The second kappa shape index (κ2) is 3.96. The fourth-order valence-electron chi connectivity index (χ4n) is 1.12. The molecule has 0 N–H and O–H groups in total. The number of hydrogen-bond acceptors (Lipinski definition) is 2. The van der Waals surface area contributed by atoms with E-state index in [2.05, 4.69) is 0 Å². The minimum Gasteiger partial charge on any atom is -0.381 e. The van der Waals surface area contributed by atoms with Crippen molar-refractivity contribution in [1.82, 2.24) is 0 Å². The van der Waals surface area contributed by atoms with E-state index < -0.39 is 0 Å². The Morgan fingerprint density at radius 1 is 1.44 bits per heavy atom. The maximum Gasteiger partial charge on any atom is 0.0468 e. The molecular formula is C7H12OS. The molecule has 0 radical (unpaired) electrons. The molecule has 0 saturated carbocycles. The van der Waals surface area contributed by atoms with E-state index in [1.54, 1.807) is 0 Å². The average molecular weight is 144 g/mol. The summed E-state index contributed by atoms with van der Waals surface area (Å²) >= 11 is 4.77. The van der Waals surface area contributed by atoms with Gasteiger partial charge >= 0.3 is 0 Å². The first-order valence-corrected chi connectivity index (χ1v) is 3.92. The molecule has 1 nitrogen and oxygen atoms in total. The number of ether oxygens (including phenoxy) is 1. The lowest BCUT2D eigenvalue weighted by atomic mass is 9.98. The Bertz CT molecular complexity index is 86.9. The summed E-state index contributed by atoms with van der Waals surface area (Å²) in [6.45, 7) is 1.88. The Morgan fingerprint density at radius 2 is 2.11 bits per heavy atom. The normalized spacial score (nSPS) is 21.8. The third kappa shape index (κ3) is 2.41. The molecule has 2 heteroatoms. The smallest absolute Gasteiger partial charge is 0.0468 e. The van der Waals surface area contributed by atoms with Crippen LogP contribution < -0.4 is 0 Å². The summed E-state index contributed by atoms with van der Waals surface area (Å²) in [6, 6.07) is 0. The average Bonchev–Trinajstić information content (AvgIpc) is 1.91. The van der Waals surface area contributed by atoms with Crippen molar-refractivity contribution < 1.29 is 4.74 Å². The van der Waals surface area contributed by atoms with Crippen molar-refractivity contribution >= 4 is 17.6 Å². The predicted molar refractivity (Wildman–Crippen MR) is 41.8 cm³/mol. The van der Waals surface area contributed by atoms with Crippen molar-refractivity contribution in [2.24, 2.45) is 5.92 Å². The largest absolute Gasteiger partial charge is 0.381 e. The van der Waals surface area contributed by atoms with Crippen molar-refractivity contribution in [3.05, 3.63) is 0 Å². The Hall–Kier alpha value is 0.0500. The molecule has 0 atom stereocenters. The molecule has 0 spiro atoms. The number of hydrogen-bond donors (Lipinski definition) is 0. The van der Waals surface area contributed by atoms with Crippen LogP contribution >= 0.6 is 12.2 Å². The maximum absolute atomic E-state index is 5.20. The summed E-state index contributed by atoms with van der Waals surface area (Å²) in [5.41, 5.74) is 0. The zero-order valence-corrected chi connectivity index (χ0v) is 6.32. The molecule has 1 aliphatic rings. The zero-order chi connectivity index (χ0) is 6.53. The van der Waals surface area contributed by atoms with Crippen LogP contribution in [0.25, 0.3) is 0 Å². The van der Waals surface area contributed by atoms with Gasteiger partial charge in [0.15, 0.2) is 0 Å². The quantitative estimate of drug-likeness (QED) is 0.546. The molecule has 1 saturated heterocycles. The highest BCUT2D eigenvalue weighted by molar-refractivity contribution is 7.78. The first kappa shape index (κ1) is 7.16. The molecule has 9 heavy (non-hydrogen) atoms. The van der Waals surface area contributed by atoms with Crippen molar-refractivity contribution in [3.8, 4) is 0 Å². The standard InChI is InChI=1S/C7H12OS/c9-6-3-7-1-4-8-5-2-7/h6-7H,1-5H2. The van der Waals surface area contributed by atoms with Crippen molar-refractivity contribution in [1.29, 1.82) is 0 Å². The van der Waals surface area contributed by atoms with E-state index in [-0.39, 0.29) is 0 Å². The van der Waals surface area contributed by atoms with Crippen LogP contribution in [-0.2, 0) is 4.74 Å². The summed E-state index contributed by atoms with van der Waals surface area (Å²) in [5.74, 6) is 0.816. The lowest BCUT2D eigenvalue weighted by Crippen LogP contribution is -2.15. The summed E-state index contributed by atoms with van der Waals surface area (Å²) in [5, 5.41) is 1.84. The fourth-order valence-corrected chi connectivity index (χ4v) is 1.39. The monoisotopic (exact) mass is 144 g/mol. The van der Waals surface area contributed by atoms with Gasteiger partial charge in [0, 0.05) is 13.2 Å². The first-order valence-electron chi connectivity index (χ1n) is 3.45. The molecule has 1 heterocycles. The van der Waals surface area contributed by atoms with Crippen LogP contribution in [-0.4, -0.2) is 18.6 Å². The van der Waals surface area contributed by atoms with E-state index in [1.807, 2.05) is 5.37 Å². The van der Waals surface area contributed by atoms with Gasteiger partial charge in [-0.25, -0.2) is 0 Å². The molecule has 52 valence electrons. The summed E-state index contributed by atoms with van der Waals surface area (Å²) < 4.78 is 5.20. The number of thiocarbonyl (C=S) groups is 1. The van der Waals surface area contributed by atoms with Gasteiger partial charge in [0.25, 0.3) is 0 Å². The molecule has 1 fully saturated rings. The Kier molecular flexibility index (Phi) is 3.15. The minimum absolute atomic E-state index is 0.816. The van der Waals surface area contributed by atoms with Crippen LogP contribution in [0, 0.1) is 5.92 Å². The summed E-state index contributed by atoms with van der Waals surface area (Å²) in [6.07, 6.45) is 3.50. The van der Waals surface area contributed by atoms with E-state index in [4.69, 9.17) is 17.0 Å². The van der Waals surface area contributed by atoms with Crippen LogP contribution in [0.5, 0.6) is 0 Å². The van der Waals surface area contributed by atoms with E-state index in [9.17, 15) is 0 Å². The summed E-state index contributed by atoms with van der Waals surface area (Å²) in [7, 11) is 0. The minimum atomic E-state index is 0.816. The number of rotatable bonds is 2. The van der Waals surface area contributed by atoms with Gasteiger partial charge in [-0.15, -0.1) is 0 Å². The highest BCUT2D eigenvalue weighted by Crippen LogP contribution is 2.16. The predicted octanol–water partition coefficient (Wildman–Crippen LogP) is 1.80. The van der Waals surface area contributed by atoms with Crippen LogP contribution in [0.2, 0.25) is 0 Å². The van der Waals surface area contributed by atoms with Crippen molar-refractivity contribution in [2.75, 3.05) is 13.2 Å². The molecule has 0 amide bonds. The lowest BCUT2D eigenvalue weighted by molar-refractivity contribution is 0.0688. The Balaban J connectivity index is 2.15. The maximum atomic E-state index is 5.20. The third-order valence-corrected chi connectivity index (χ3v) is 1.96. The van der Waals surface area contributed by atoms with E-state index in [0.29, 0.717) is 0 Å². The molecule has 1 aliphatic heterocycles. The van der Waals surface area contributed by atoms with Gasteiger partial charge in [0.05, 0.1) is 0 Å². The van der Waals surface area contributed by atoms with Crippen molar-refractivity contribution in [3.63, 3.8) is 0 Å². The molecule has 0 aromatic rings. The highest BCUT2D eigenvalue weighted by Gasteiger charge is 2.11. The molecule has 0 unspecified atom stereocenters. The van der Waals surface area contributed by atoms with E-state index in [0.717, 1.165) is 25.6 Å². The molecule has 0 aromatic heterocycles. The van der Waals surface area contributed by atoms with Gasteiger partial charge in [-0.3, -0.25) is 0 Å². The van der Waals surface area contributed by atoms with Gasteiger partial charge in [-0.2, -0.15) is 0 Å². The Morgan fingerprint density at radius 3 is 2.67 bits per heavy atom. The van der Waals surface area contributed by atoms with E-state index >= 15 is 0 Å². The van der Waals surface area contributed by atoms with E-state index in [1.165, 1.54) is 12.8 Å². The van der Waals surface area contributed by atoms with Crippen LogP contribution in [0.1, 0.15) is 19.3 Å². The third-order valence-electron chi connectivity index (χ3n) is 1.77. The van der Waals surface area contributed by atoms with Gasteiger partial charge in [-0.1, -0.05) is 12.2 Å². The Labute approximate surface area is 61.4 Å². The first-order chi connectivity index (χ1) is 4.43. The summed E-state index contributed by atoms with van der Waals surface area (Å²) in [4.78, 5) is 0. The molecule has 0 bridgehead atoms. The second-order valence-corrected chi connectivity index (χ2v) is 2.79. The zero-order valence-electron chi connectivity index (χ0n) is 5.51. The molecular weight excluding hydrogens is 132 g/mol. The highest BCUT2D eigenvalue weighted by atomic mass is 32.1. The second-order valence-electron chi connectivity index (χ2n) is 2.46. The van der Waals surface area contributed by atoms with Gasteiger partial charge in [0.2, 0.25) is 0 Å². The molecule has 1 rings (SSSR count). The van der Waals surface area contributed by atoms with Gasteiger partial charge in [-0.05, 0) is 30.5 Å². The topological polar surface area (TPSA) is 9.23 Å². The molecule has 0 aromatic carbocycles. The van der Waals surface area contributed by atoms with Gasteiger partial charge in [0.1, 0.15) is 0 Å². The molecule has 0 aliphatic carbocycles. The lowest BCUT2D eigenvalue weighted by Gasteiger charge is -2.19. The van der Waals surface area contributed by atoms with Crippen LogP contribution in [0.3, 0.4) is 0 Å². The van der Waals surface area contributed by atoms with Crippen molar-refractivity contribution in [2.45, 2.75) is 19.3 Å². The van der Waals surface area contributed by atoms with Crippen LogP contribution in [0.15, 0.2) is 0 Å². The van der Waals surface area contributed by atoms with Crippen LogP contribution in [0.4, 0.5) is 0 Å². The fraction of sp³-hybridized carbons (Fsp3) is 0.857. The SMILES string of the molecule is S=CCC1CCOCC1.